The highest BCUT2D eigenvalue weighted by Crippen LogP contribution is 2.18. The zero-order valence-electron chi connectivity index (χ0n) is 15.2. The number of carbonyl (C=O) groups excluding carboxylic acids is 2. The number of amides is 2. The quantitative estimate of drug-likeness (QED) is 0.740. The normalized spacial score (nSPS) is 20.4. The number of hydrogen-bond acceptors (Lipinski definition) is 4. The summed E-state index contributed by atoms with van der Waals surface area (Å²) < 4.78 is 1.60. The van der Waals surface area contributed by atoms with Gasteiger partial charge >= 0.3 is 0 Å². The topological polar surface area (TPSA) is 83.4 Å². The third-order valence-corrected chi connectivity index (χ3v) is 4.66. The summed E-state index contributed by atoms with van der Waals surface area (Å²) in [7, 11) is 0. The van der Waals surface area contributed by atoms with Crippen molar-refractivity contribution in [2.24, 2.45) is 0 Å². The summed E-state index contributed by atoms with van der Waals surface area (Å²) in [6, 6.07) is 4.85. The van der Waals surface area contributed by atoms with E-state index < -0.39 is 0 Å². The van der Waals surface area contributed by atoms with Gasteiger partial charge in [-0.2, -0.15) is 0 Å². The fourth-order valence-electron chi connectivity index (χ4n) is 3.35. The molecule has 0 spiro atoms. The summed E-state index contributed by atoms with van der Waals surface area (Å²) in [6.45, 7) is 8.18. The number of carbonyl (C=O) groups is 2. The van der Waals surface area contributed by atoms with Crippen molar-refractivity contribution in [3.8, 4) is 0 Å². The number of pyridine rings is 1. The maximum atomic E-state index is 12.2. The minimum Gasteiger partial charge on any atom is -0.355 e. The van der Waals surface area contributed by atoms with Crippen molar-refractivity contribution in [1.82, 2.24) is 20.1 Å². The number of aromatic nitrogens is 1. The lowest BCUT2D eigenvalue weighted by molar-refractivity contribution is -0.125. The van der Waals surface area contributed by atoms with Crippen LogP contribution in [0.5, 0.6) is 0 Å². The van der Waals surface area contributed by atoms with E-state index in [-0.39, 0.29) is 35.9 Å². The molecule has 2 unspecified atom stereocenters. The molecule has 1 fully saturated rings. The fraction of sp³-hybridized carbons (Fsp3) is 0.611. The third-order valence-electron chi connectivity index (χ3n) is 4.66. The molecule has 1 aromatic rings. The number of hydrogen-bond donors (Lipinski definition) is 2. The molecule has 0 saturated carbocycles. The van der Waals surface area contributed by atoms with Crippen LogP contribution in [-0.4, -0.2) is 53.0 Å². The van der Waals surface area contributed by atoms with Crippen LogP contribution < -0.4 is 16.2 Å². The second-order valence-electron chi connectivity index (χ2n) is 6.41. The Morgan fingerprint density at radius 2 is 2.04 bits per heavy atom. The highest BCUT2D eigenvalue weighted by molar-refractivity contribution is 5.82. The zero-order chi connectivity index (χ0) is 18.4. The molecule has 25 heavy (non-hydrogen) atoms. The molecule has 2 N–H and O–H groups in total. The lowest BCUT2D eigenvalue weighted by Crippen LogP contribution is -2.42. The van der Waals surface area contributed by atoms with Crippen molar-refractivity contribution in [3.05, 3.63) is 34.2 Å². The Labute approximate surface area is 148 Å². The van der Waals surface area contributed by atoms with E-state index in [9.17, 15) is 14.4 Å². The Bertz CT molecular complexity index is 671. The van der Waals surface area contributed by atoms with Crippen LogP contribution in [-0.2, 0) is 16.1 Å². The van der Waals surface area contributed by atoms with Crippen LogP contribution in [0.2, 0.25) is 0 Å². The minimum absolute atomic E-state index is 0.0209. The van der Waals surface area contributed by atoms with Gasteiger partial charge in [0.15, 0.2) is 0 Å². The second-order valence-corrected chi connectivity index (χ2v) is 6.41. The van der Waals surface area contributed by atoms with Crippen LogP contribution in [0.4, 0.5) is 0 Å². The van der Waals surface area contributed by atoms with Gasteiger partial charge in [0, 0.05) is 43.9 Å². The highest BCUT2D eigenvalue weighted by atomic mass is 16.2. The maximum absolute atomic E-state index is 12.2. The number of likely N-dealkylation sites (tertiary alicyclic amines) is 1. The van der Waals surface area contributed by atoms with E-state index in [1.54, 1.807) is 10.6 Å². The van der Waals surface area contributed by atoms with E-state index in [1.165, 1.54) is 6.07 Å². The summed E-state index contributed by atoms with van der Waals surface area (Å²) in [6.07, 6.45) is 0.870. The molecule has 2 heterocycles. The summed E-state index contributed by atoms with van der Waals surface area (Å²) >= 11 is 0. The molecule has 7 heteroatoms. The van der Waals surface area contributed by atoms with E-state index >= 15 is 0 Å². The van der Waals surface area contributed by atoms with Crippen LogP contribution in [0.3, 0.4) is 0 Å². The Hall–Kier alpha value is -2.15. The van der Waals surface area contributed by atoms with Crippen LogP contribution in [0.1, 0.15) is 32.4 Å². The highest BCUT2D eigenvalue weighted by Gasteiger charge is 2.36. The van der Waals surface area contributed by atoms with Gasteiger partial charge in [-0.3, -0.25) is 19.3 Å². The van der Waals surface area contributed by atoms with Gasteiger partial charge in [0.1, 0.15) is 0 Å². The number of likely N-dealkylation sites (N-methyl/N-ethyl adjacent to an activating group) is 2. The smallest absolute Gasteiger partial charge is 0.250 e. The van der Waals surface area contributed by atoms with Crippen LogP contribution >= 0.6 is 0 Å². The van der Waals surface area contributed by atoms with Gasteiger partial charge in [0.05, 0.1) is 6.04 Å². The van der Waals surface area contributed by atoms with Crippen molar-refractivity contribution in [2.75, 3.05) is 19.6 Å². The molecule has 0 aliphatic carbocycles. The van der Waals surface area contributed by atoms with Gasteiger partial charge in [-0.1, -0.05) is 13.0 Å². The molecule has 0 aromatic carbocycles. The van der Waals surface area contributed by atoms with E-state index in [1.807, 2.05) is 26.8 Å². The van der Waals surface area contributed by atoms with Crippen LogP contribution in [0, 0.1) is 6.92 Å². The molecule has 0 bridgehead atoms. The van der Waals surface area contributed by atoms with Gasteiger partial charge < -0.3 is 15.2 Å². The predicted octanol–water partition coefficient (Wildman–Crippen LogP) is 0.262. The lowest BCUT2D eigenvalue weighted by Gasteiger charge is -2.21. The maximum Gasteiger partial charge on any atom is 0.250 e. The van der Waals surface area contributed by atoms with E-state index in [4.69, 9.17) is 0 Å². The Morgan fingerprint density at radius 1 is 1.28 bits per heavy atom. The lowest BCUT2D eigenvalue weighted by atomic mass is 10.1. The standard InChI is InChI=1S/C18H28N4O3/c1-4-19-18(25)15-11-14(12-21(15)5-2)20-16(23)9-10-22-13(3)7-6-8-17(22)24/h6-8,14-15H,4-5,9-12H2,1-3H3,(H,19,25)(H,20,23). The molecule has 138 valence electrons. The van der Waals surface area contributed by atoms with Gasteiger partial charge in [-0.05, 0) is 32.9 Å². The molecule has 2 amide bonds. The molecule has 1 aliphatic rings. The molecule has 2 rings (SSSR count). The number of rotatable bonds is 7. The van der Waals surface area contributed by atoms with E-state index in [0.29, 0.717) is 26.1 Å². The first kappa shape index (κ1) is 19.2. The summed E-state index contributed by atoms with van der Waals surface area (Å²) in [4.78, 5) is 38.3. The summed E-state index contributed by atoms with van der Waals surface area (Å²) in [5, 5.41) is 5.86. The Kier molecular flexibility index (Phi) is 6.75. The fourth-order valence-corrected chi connectivity index (χ4v) is 3.35. The molecule has 0 radical (unpaired) electrons. The average molecular weight is 348 g/mol. The molecule has 1 aliphatic heterocycles. The van der Waals surface area contributed by atoms with Crippen molar-refractivity contribution in [1.29, 1.82) is 0 Å². The van der Waals surface area contributed by atoms with Crippen LogP contribution in [0.15, 0.2) is 23.0 Å². The first-order valence-electron chi connectivity index (χ1n) is 8.93. The minimum atomic E-state index is -0.186. The van der Waals surface area contributed by atoms with Gasteiger partial charge in [-0.15, -0.1) is 0 Å². The number of nitrogens with zero attached hydrogens (tertiary/aromatic N) is 2. The zero-order valence-corrected chi connectivity index (χ0v) is 15.2. The predicted molar refractivity (Wildman–Crippen MR) is 96.3 cm³/mol. The first-order chi connectivity index (χ1) is 12.0. The van der Waals surface area contributed by atoms with Crippen LogP contribution in [0.25, 0.3) is 0 Å². The number of aryl methyl sites for hydroxylation is 1. The monoisotopic (exact) mass is 348 g/mol. The van der Waals surface area contributed by atoms with Crippen molar-refractivity contribution in [3.63, 3.8) is 0 Å². The molecule has 7 nitrogen and oxygen atoms in total. The molecule has 1 saturated heterocycles. The van der Waals surface area contributed by atoms with Gasteiger partial charge in [0.2, 0.25) is 11.8 Å². The van der Waals surface area contributed by atoms with Crippen molar-refractivity contribution >= 4 is 11.8 Å². The molecular weight excluding hydrogens is 320 g/mol. The molecule has 1 aromatic heterocycles. The SMILES string of the molecule is CCNC(=O)C1CC(NC(=O)CCn2c(C)cccc2=O)CN1CC. The molecular formula is C18H28N4O3. The van der Waals surface area contributed by atoms with Crippen molar-refractivity contribution in [2.45, 2.75) is 52.2 Å². The van der Waals surface area contributed by atoms with E-state index in [2.05, 4.69) is 15.5 Å². The Morgan fingerprint density at radius 3 is 2.68 bits per heavy atom. The largest absolute Gasteiger partial charge is 0.355 e. The average Bonchev–Trinajstić information content (AvgIpc) is 2.97. The summed E-state index contributed by atoms with van der Waals surface area (Å²) in [5.74, 6) is -0.0692. The third kappa shape index (κ3) is 4.92. The second kappa shape index (κ2) is 8.80. The molecule has 2 atom stereocenters. The van der Waals surface area contributed by atoms with Crippen molar-refractivity contribution < 1.29 is 9.59 Å². The van der Waals surface area contributed by atoms with E-state index in [0.717, 1.165) is 12.2 Å². The summed E-state index contributed by atoms with van der Waals surface area (Å²) in [5.41, 5.74) is 0.747. The Balaban J connectivity index is 1.88. The number of nitrogens with one attached hydrogen (secondary N) is 2. The first-order valence-corrected chi connectivity index (χ1v) is 8.93. The van der Waals surface area contributed by atoms with Gasteiger partial charge in [-0.25, -0.2) is 0 Å². The van der Waals surface area contributed by atoms with Gasteiger partial charge in [0.25, 0.3) is 5.56 Å².